The summed E-state index contributed by atoms with van der Waals surface area (Å²) in [5.41, 5.74) is 1.10. The van der Waals surface area contributed by atoms with Crippen molar-refractivity contribution in [3.63, 3.8) is 0 Å². The molecular formula is C17H19BrF2N2OS. The van der Waals surface area contributed by atoms with E-state index < -0.39 is 33.8 Å². The lowest BCUT2D eigenvalue weighted by molar-refractivity contribution is 0.516. The first-order chi connectivity index (χ1) is 11.2. The van der Waals surface area contributed by atoms with Gasteiger partial charge in [-0.3, -0.25) is 4.98 Å². The fraction of sp³-hybridized carbons (Fsp3) is 0.353. The van der Waals surface area contributed by atoms with Crippen LogP contribution in [0.25, 0.3) is 0 Å². The molecule has 7 heteroatoms. The highest BCUT2D eigenvalue weighted by Gasteiger charge is 2.31. The minimum Gasteiger partial charge on any atom is -0.598 e. The summed E-state index contributed by atoms with van der Waals surface area (Å²) in [4.78, 5) is 4.32. The quantitative estimate of drug-likeness (QED) is 0.731. The first-order valence-corrected chi connectivity index (χ1v) is 9.34. The van der Waals surface area contributed by atoms with Gasteiger partial charge >= 0.3 is 0 Å². The summed E-state index contributed by atoms with van der Waals surface area (Å²) in [5, 5.41) is 0. The lowest BCUT2D eigenvalue weighted by Gasteiger charge is -2.28. The Morgan fingerprint density at radius 2 is 1.88 bits per heavy atom. The molecule has 0 saturated heterocycles. The smallest absolute Gasteiger partial charge is 0.136 e. The molecule has 0 fully saturated rings. The maximum absolute atomic E-state index is 13.5. The van der Waals surface area contributed by atoms with Crippen LogP contribution in [0.15, 0.2) is 41.0 Å². The van der Waals surface area contributed by atoms with Crippen molar-refractivity contribution >= 4 is 27.3 Å². The van der Waals surface area contributed by atoms with Crippen LogP contribution in [0.1, 0.15) is 38.1 Å². The summed E-state index contributed by atoms with van der Waals surface area (Å²) < 4.78 is 42.7. The predicted octanol–water partition coefficient (Wildman–Crippen LogP) is 4.46. The molecule has 1 aromatic carbocycles. The third kappa shape index (κ3) is 5.24. The molecule has 0 saturated carbocycles. The molecule has 2 rings (SSSR count). The van der Waals surface area contributed by atoms with E-state index in [1.807, 2.05) is 26.8 Å². The summed E-state index contributed by atoms with van der Waals surface area (Å²) in [5.74, 6) is -1.28. The summed E-state index contributed by atoms with van der Waals surface area (Å²) in [6.07, 6.45) is 1.88. The highest BCUT2D eigenvalue weighted by molar-refractivity contribution is 9.10. The zero-order chi connectivity index (χ0) is 17.9. The molecule has 0 aliphatic carbocycles. The number of hydrogen-bond acceptors (Lipinski definition) is 3. The van der Waals surface area contributed by atoms with Crippen LogP contribution in [-0.4, -0.2) is 14.3 Å². The van der Waals surface area contributed by atoms with Gasteiger partial charge in [0.2, 0.25) is 0 Å². The lowest BCUT2D eigenvalue weighted by Crippen LogP contribution is -2.42. The maximum atomic E-state index is 13.5. The minimum absolute atomic E-state index is 0.256. The van der Waals surface area contributed by atoms with Crippen molar-refractivity contribution in [3.8, 4) is 0 Å². The van der Waals surface area contributed by atoms with Gasteiger partial charge in [-0.15, -0.1) is 4.72 Å². The molecule has 2 atom stereocenters. The molecule has 1 unspecified atom stereocenters. The molecule has 1 heterocycles. The number of hydrogen-bond donors (Lipinski definition) is 1. The number of halogens is 3. The van der Waals surface area contributed by atoms with Gasteiger partial charge in [-0.2, -0.15) is 0 Å². The number of benzene rings is 1. The molecule has 1 N–H and O–H groups in total. The Hall–Kier alpha value is -1.02. The van der Waals surface area contributed by atoms with Crippen molar-refractivity contribution < 1.29 is 13.3 Å². The Kier molecular flexibility index (Phi) is 6.36. The topological polar surface area (TPSA) is 48.0 Å². The highest BCUT2D eigenvalue weighted by Crippen LogP contribution is 2.27. The van der Waals surface area contributed by atoms with E-state index in [1.165, 1.54) is 12.1 Å². The number of nitrogens with one attached hydrogen (secondary N) is 1. The predicted molar refractivity (Wildman–Crippen MR) is 95.8 cm³/mol. The van der Waals surface area contributed by atoms with E-state index in [-0.39, 0.29) is 6.42 Å². The van der Waals surface area contributed by atoms with Crippen molar-refractivity contribution in [2.75, 3.05) is 0 Å². The monoisotopic (exact) mass is 416 g/mol. The first kappa shape index (κ1) is 19.3. The second-order valence-electron chi connectivity index (χ2n) is 6.40. The van der Waals surface area contributed by atoms with E-state index >= 15 is 0 Å². The van der Waals surface area contributed by atoms with Gasteiger partial charge in [0.05, 0.1) is 11.7 Å². The van der Waals surface area contributed by atoms with Gasteiger partial charge in [0, 0.05) is 28.1 Å². The van der Waals surface area contributed by atoms with Crippen LogP contribution in [0.4, 0.5) is 8.78 Å². The van der Waals surface area contributed by atoms with Crippen molar-refractivity contribution in [2.45, 2.75) is 38.0 Å². The molecule has 130 valence electrons. The van der Waals surface area contributed by atoms with Crippen LogP contribution in [0, 0.1) is 11.6 Å². The van der Waals surface area contributed by atoms with Crippen molar-refractivity contribution in [1.29, 1.82) is 0 Å². The summed E-state index contributed by atoms with van der Waals surface area (Å²) >= 11 is 2.07. The molecule has 0 spiro atoms. The largest absolute Gasteiger partial charge is 0.598 e. The Bertz CT molecular complexity index is 689. The third-order valence-corrected chi connectivity index (χ3v) is 5.57. The normalized spacial score (nSPS) is 14.5. The molecular weight excluding hydrogens is 398 g/mol. The molecule has 0 aliphatic heterocycles. The molecule has 1 aromatic heterocycles. The van der Waals surface area contributed by atoms with Crippen molar-refractivity contribution in [2.24, 2.45) is 0 Å². The average molecular weight is 417 g/mol. The second-order valence-corrected chi connectivity index (χ2v) is 9.26. The van der Waals surface area contributed by atoms with Crippen LogP contribution in [0.2, 0.25) is 0 Å². The molecule has 0 aliphatic rings. The zero-order valence-corrected chi connectivity index (χ0v) is 16.0. The number of pyridine rings is 1. The Balaban J connectivity index is 2.34. The van der Waals surface area contributed by atoms with E-state index in [2.05, 4.69) is 25.6 Å². The molecule has 2 aromatic rings. The third-order valence-electron chi connectivity index (χ3n) is 3.28. The maximum Gasteiger partial charge on any atom is 0.136 e. The van der Waals surface area contributed by atoms with Crippen LogP contribution in [0.3, 0.4) is 0 Å². The van der Waals surface area contributed by atoms with Crippen LogP contribution < -0.4 is 4.72 Å². The first-order valence-electron chi connectivity index (χ1n) is 7.40. The number of rotatable bonds is 5. The Morgan fingerprint density at radius 1 is 1.25 bits per heavy atom. The molecule has 24 heavy (non-hydrogen) atoms. The Labute approximate surface area is 152 Å². The minimum atomic E-state index is -1.36. The van der Waals surface area contributed by atoms with Gasteiger partial charge in [-0.25, -0.2) is 8.78 Å². The van der Waals surface area contributed by atoms with E-state index in [1.54, 1.807) is 12.3 Å². The van der Waals surface area contributed by atoms with E-state index in [4.69, 9.17) is 0 Å². The van der Waals surface area contributed by atoms with E-state index in [0.717, 1.165) is 10.5 Å². The Morgan fingerprint density at radius 3 is 2.42 bits per heavy atom. The standard InChI is InChI=1S/C17H19BrF2N2OS/c1-17(2,3)24(23)22-15(16-14(18)5-4-6-21-16)9-11-7-12(19)10-13(20)8-11/h4-8,10,15,22H,9H2,1-3H3/t15?,24-/m1/s1. The van der Waals surface area contributed by atoms with Crippen LogP contribution >= 0.6 is 15.9 Å². The zero-order valence-electron chi connectivity index (χ0n) is 13.6. The summed E-state index contributed by atoms with van der Waals surface area (Å²) in [7, 11) is 0. The fourth-order valence-electron chi connectivity index (χ4n) is 2.12. The van der Waals surface area contributed by atoms with Crippen molar-refractivity contribution in [1.82, 2.24) is 9.71 Å². The van der Waals surface area contributed by atoms with Crippen molar-refractivity contribution in [3.05, 3.63) is 63.9 Å². The summed E-state index contributed by atoms with van der Waals surface area (Å²) in [6.45, 7) is 5.55. The SMILES string of the molecule is CC(C)(C)[S@@+]([O-])NC(Cc1cc(F)cc(F)c1)c1ncccc1Br. The highest BCUT2D eigenvalue weighted by atomic mass is 79.9. The van der Waals surface area contributed by atoms with E-state index in [0.29, 0.717) is 11.3 Å². The van der Waals surface area contributed by atoms with Gasteiger partial charge in [0.1, 0.15) is 16.4 Å². The number of aromatic nitrogens is 1. The lowest BCUT2D eigenvalue weighted by atomic mass is 10.0. The molecule has 3 nitrogen and oxygen atoms in total. The van der Waals surface area contributed by atoms with E-state index in [9.17, 15) is 13.3 Å². The molecule has 0 amide bonds. The fourth-order valence-corrected chi connectivity index (χ4v) is 3.46. The van der Waals surface area contributed by atoms with Crippen LogP contribution in [-0.2, 0) is 17.8 Å². The van der Waals surface area contributed by atoms with Gasteiger partial charge < -0.3 is 4.55 Å². The van der Waals surface area contributed by atoms with Gasteiger partial charge in [0.25, 0.3) is 0 Å². The van der Waals surface area contributed by atoms with Gasteiger partial charge in [-0.1, -0.05) is 0 Å². The van der Waals surface area contributed by atoms with Gasteiger partial charge in [0.15, 0.2) is 0 Å². The van der Waals surface area contributed by atoms with Crippen LogP contribution in [0.5, 0.6) is 0 Å². The molecule has 0 radical (unpaired) electrons. The molecule has 0 bridgehead atoms. The average Bonchev–Trinajstić information content (AvgIpc) is 2.45. The second kappa shape index (κ2) is 7.91. The summed E-state index contributed by atoms with van der Waals surface area (Å²) in [6, 6.07) is 6.51. The number of nitrogens with zero attached hydrogens (tertiary/aromatic N) is 1. The van der Waals surface area contributed by atoms with Gasteiger partial charge in [-0.05, 0) is 73.0 Å².